The zero-order valence-corrected chi connectivity index (χ0v) is 12.9. The minimum Gasteiger partial charge on any atom is -0.338 e. The first-order valence-corrected chi connectivity index (χ1v) is 7.02. The third kappa shape index (κ3) is 5.11. The van der Waals surface area contributed by atoms with Crippen molar-refractivity contribution in [1.29, 1.82) is 0 Å². The molecule has 0 bridgehead atoms. The molecule has 0 aliphatic heterocycles. The van der Waals surface area contributed by atoms with Crippen LogP contribution in [0.2, 0.25) is 5.02 Å². The van der Waals surface area contributed by atoms with Gasteiger partial charge in [0, 0.05) is 23.7 Å². The summed E-state index contributed by atoms with van der Waals surface area (Å²) >= 11 is 5.92. The monoisotopic (exact) mass is 282 g/mol. The molecule has 0 heterocycles. The molecule has 4 heteroatoms. The van der Waals surface area contributed by atoms with Crippen molar-refractivity contribution in [1.82, 2.24) is 10.2 Å². The molecule has 3 nitrogen and oxygen atoms in total. The van der Waals surface area contributed by atoms with Crippen LogP contribution in [0.1, 0.15) is 33.3 Å². The van der Waals surface area contributed by atoms with Crippen molar-refractivity contribution in [3.63, 3.8) is 0 Å². The van der Waals surface area contributed by atoms with Crippen LogP contribution in [-0.2, 0) is 6.42 Å². The summed E-state index contributed by atoms with van der Waals surface area (Å²) in [7, 11) is 0. The van der Waals surface area contributed by atoms with Gasteiger partial charge < -0.3 is 10.2 Å². The first-order chi connectivity index (χ1) is 8.84. The van der Waals surface area contributed by atoms with Crippen LogP contribution in [0.25, 0.3) is 0 Å². The lowest BCUT2D eigenvalue weighted by atomic mass is 10.1. The molecule has 0 saturated heterocycles. The van der Waals surface area contributed by atoms with Crippen LogP contribution >= 0.6 is 11.6 Å². The van der Waals surface area contributed by atoms with Crippen molar-refractivity contribution < 1.29 is 4.79 Å². The summed E-state index contributed by atoms with van der Waals surface area (Å²) in [6.45, 7) is 9.41. The SMILES string of the molecule is CCN(C(=O)NCCc1cccc(Cl)c1)C(C)(C)C. The number of carbonyl (C=O) groups excluding carboxylic acids is 1. The predicted octanol–water partition coefficient (Wildman–Crippen LogP) is 3.71. The maximum Gasteiger partial charge on any atom is 0.317 e. The topological polar surface area (TPSA) is 32.3 Å². The standard InChI is InChI=1S/C15H23ClN2O/c1-5-18(15(2,3)4)14(19)17-10-9-12-7-6-8-13(16)11-12/h6-8,11H,5,9-10H2,1-4H3,(H,17,19). The van der Waals surface area contributed by atoms with Crippen molar-refractivity contribution >= 4 is 17.6 Å². The maximum absolute atomic E-state index is 12.1. The molecule has 0 aromatic heterocycles. The van der Waals surface area contributed by atoms with Crippen molar-refractivity contribution in [2.75, 3.05) is 13.1 Å². The fourth-order valence-corrected chi connectivity index (χ4v) is 2.24. The average Bonchev–Trinajstić information content (AvgIpc) is 2.28. The molecule has 0 aliphatic rings. The van der Waals surface area contributed by atoms with Crippen molar-refractivity contribution in [3.05, 3.63) is 34.9 Å². The van der Waals surface area contributed by atoms with E-state index < -0.39 is 0 Å². The van der Waals surface area contributed by atoms with Gasteiger partial charge in [0.2, 0.25) is 0 Å². The Balaban J connectivity index is 2.46. The van der Waals surface area contributed by atoms with E-state index in [0.29, 0.717) is 13.1 Å². The Bertz CT molecular complexity index is 426. The van der Waals surface area contributed by atoms with Gasteiger partial charge in [-0.25, -0.2) is 4.79 Å². The zero-order valence-electron chi connectivity index (χ0n) is 12.2. The minimum atomic E-state index is -0.158. The van der Waals surface area contributed by atoms with Gasteiger partial charge >= 0.3 is 6.03 Å². The van der Waals surface area contributed by atoms with E-state index in [0.717, 1.165) is 17.0 Å². The summed E-state index contributed by atoms with van der Waals surface area (Å²) < 4.78 is 0. The summed E-state index contributed by atoms with van der Waals surface area (Å²) in [5, 5.41) is 3.68. The fourth-order valence-electron chi connectivity index (χ4n) is 2.02. The van der Waals surface area contributed by atoms with Gasteiger partial charge in [-0.15, -0.1) is 0 Å². The van der Waals surface area contributed by atoms with Gasteiger partial charge in [0.1, 0.15) is 0 Å². The van der Waals surface area contributed by atoms with Crippen LogP contribution in [0.4, 0.5) is 4.79 Å². The molecule has 0 fully saturated rings. The largest absolute Gasteiger partial charge is 0.338 e. The smallest absolute Gasteiger partial charge is 0.317 e. The van der Waals surface area contributed by atoms with E-state index in [9.17, 15) is 4.79 Å². The molecule has 1 aromatic rings. The molecular formula is C15H23ClN2O. The molecule has 106 valence electrons. The second kappa shape index (κ2) is 6.80. The number of amides is 2. The third-order valence-electron chi connectivity index (χ3n) is 2.95. The molecule has 1 N–H and O–H groups in total. The summed E-state index contributed by atoms with van der Waals surface area (Å²) in [4.78, 5) is 13.9. The summed E-state index contributed by atoms with van der Waals surface area (Å²) in [6.07, 6.45) is 0.786. The van der Waals surface area contributed by atoms with Crippen LogP contribution in [0.3, 0.4) is 0 Å². The summed E-state index contributed by atoms with van der Waals surface area (Å²) in [5.41, 5.74) is 0.973. The van der Waals surface area contributed by atoms with Crippen molar-refractivity contribution in [2.45, 2.75) is 39.7 Å². The number of nitrogens with zero attached hydrogens (tertiary/aromatic N) is 1. The van der Waals surface area contributed by atoms with Crippen LogP contribution in [0, 0.1) is 0 Å². The van der Waals surface area contributed by atoms with E-state index in [1.807, 2.05) is 56.9 Å². The quantitative estimate of drug-likeness (QED) is 0.897. The highest BCUT2D eigenvalue weighted by Crippen LogP contribution is 2.13. The molecule has 0 saturated carbocycles. The van der Waals surface area contributed by atoms with E-state index in [1.54, 1.807) is 0 Å². The molecule has 0 atom stereocenters. The number of halogens is 1. The van der Waals surface area contributed by atoms with E-state index in [4.69, 9.17) is 11.6 Å². The highest BCUT2D eigenvalue weighted by Gasteiger charge is 2.24. The number of hydrogen-bond acceptors (Lipinski definition) is 1. The second-order valence-electron chi connectivity index (χ2n) is 5.53. The van der Waals surface area contributed by atoms with E-state index in [2.05, 4.69) is 5.32 Å². The van der Waals surface area contributed by atoms with Crippen LogP contribution in [0.15, 0.2) is 24.3 Å². The number of nitrogens with one attached hydrogen (secondary N) is 1. The number of urea groups is 1. The normalized spacial score (nSPS) is 11.2. The minimum absolute atomic E-state index is 0.0166. The highest BCUT2D eigenvalue weighted by atomic mass is 35.5. The molecule has 1 rings (SSSR count). The maximum atomic E-state index is 12.1. The first kappa shape index (κ1) is 15.8. The molecule has 0 aliphatic carbocycles. The third-order valence-corrected chi connectivity index (χ3v) is 3.19. The lowest BCUT2D eigenvalue weighted by Gasteiger charge is -2.34. The highest BCUT2D eigenvalue weighted by molar-refractivity contribution is 6.30. The van der Waals surface area contributed by atoms with Crippen LogP contribution in [-0.4, -0.2) is 29.6 Å². The number of rotatable bonds is 4. The van der Waals surface area contributed by atoms with E-state index in [-0.39, 0.29) is 11.6 Å². The summed E-state index contributed by atoms with van der Waals surface area (Å²) in [6, 6.07) is 7.70. The van der Waals surface area contributed by atoms with Gasteiger partial charge in [-0.2, -0.15) is 0 Å². The second-order valence-corrected chi connectivity index (χ2v) is 5.96. The van der Waals surface area contributed by atoms with Gasteiger partial charge in [-0.05, 0) is 51.8 Å². The van der Waals surface area contributed by atoms with Crippen LogP contribution < -0.4 is 5.32 Å². The number of hydrogen-bond donors (Lipinski definition) is 1. The molecule has 19 heavy (non-hydrogen) atoms. The Labute approximate surface area is 120 Å². The van der Waals surface area contributed by atoms with Crippen molar-refractivity contribution in [2.24, 2.45) is 0 Å². The number of carbonyl (C=O) groups is 1. The summed E-state index contributed by atoms with van der Waals surface area (Å²) in [5.74, 6) is 0. The Kier molecular flexibility index (Phi) is 5.67. The van der Waals surface area contributed by atoms with Crippen LogP contribution in [0.5, 0.6) is 0 Å². The Morgan fingerprint density at radius 3 is 2.58 bits per heavy atom. The first-order valence-electron chi connectivity index (χ1n) is 6.64. The molecular weight excluding hydrogens is 260 g/mol. The Morgan fingerprint density at radius 2 is 2.05 bits per heavy atom. The average molecular weight is 283 g/mol. The van der Waals surface area contributed by atoms with Crippen molar-refractivity contribution in [3.8, 4) is 0 Å². The lowest BCUT2D eigenvalue weighted by Crippen LogP contribution is -2.50. The molecule has 0 spiro atoms. The number of benzene rings is 1. The Morgan fingerprint density at radius 1 is 1.37 bits per heavy atom. The van der Waals surface area contributed by atoms with E-state index in [1.165, 1.54) is 0 Å². The van der Waals surface area contributed by atoms with Gasteiger partial charge in [0.25, 0.3) is 0 Å². The van der Waals surface area contributed by atoms with Gasteiger partial charge in [0.15, 0.2) is 0 Å². The van der Waals surface area contributed by atoms with E-state index >= 15 is 0 Å². The molecule has 1 aromatic carbocycles. The molecule has 2 amide bonds. The zero-order chi connectivity index (χ0) is 14.5. The van der Waals surface area contributed by atoms with Gasteiger partial charge in [-0.1, -0.05) is 23.7 Å². The van der Waals surface area contributed by atoms with Gasteiger partial charge in [0.05, 0.1) is 0 Å². The predicted molar refractivity (Wildman–Crippen MR) is 80.7 cm³/mol. The fraction of sp³-hybridized carbons (Fsp3) is 0.533. The molecule has 0 unspecified atom stereocenters. The lowest BCUT2D eigenvalue weighted by molar-refractivity contribution is 0.150. The molecule has 0 radical (unpaired) electrons. The van der Waals surface area contributed by atoms with Gasteiger partial charge in [-0.3, -0.25) is 0 Å². The Hall–Kier alpha value is -1.22.